The molecule has 0 aliphatic carbocycles. The molecule has 0 aromatic carbocycles. The molecule has 2 aromatic heterocycles. The van der Waals surface area contributed by atoms with Crippen molar-refractivity contribution in [2.24, 2.45) is 0 Å². The van der Waals surface area contributed by atoms with Crippen molar-refractivity contribution in [2.75, 3.05) is 20.3 Å². The zero-order chi connectivity index (χ0) is 16.2. The molecule has 2 N–H and O–H groups in total. The first-order chi connectivity index (χ1) is 10.5. The first kappa shape index (κ1) is 16.6. The van der Waals surface area contributed by atoms with E-state index in [1.165, 1.54) is 0 Å². The number of hydrogen-bond donors (Lipinski definition) is 2. The third kappa shape index (κ3) is 3.71. The topological polar surface area (TPSA) is 75.9 Å². The monoisotopic (exact) mass is 305 g/mol. The maximum atomic E-state index is 12.2. The molecule has 0 fully saturated rings. The maximum Gasteiger partial charge on any atom is 0.258 e. The van der Waals surface area contributed by atoms with Crippen LogP contribution in [0.25, 0.3) is 5.65 Å². The molecule has 6 nitrogen and oxygen atoms in total. The predicted molar refractivity (Wildman–Crippen MR) is 85.0 cm³/mol. The lowest BCUT2D eigenvalue weighted by Gasteiger charge is -2.29. The van der Waals surface area contributed by atoms with E-state index in [0.717, 1.165) is 5.69 Å². The zero-order valence-corrected chi connectivity index (χ0v) is 13.3. The van der Waals surface area contributed by atoms with E-state index < -0.39 is 0 Å². The first-order valence-corrected chi connectivity index (χ1v) is 7.32. The van der Waals surface area contributed by atoms with Gasteiger partial charge in [0.2, 0.25) is 0 Å². The van der Waals surface area contributed by atoms with Gasteiger partial charge in [0, 0.05) is 37.6 Å². The van der Waals surface area contributed by atoms with Crippen LogP contribution < -0.4 is 10.9 Å². The Kier molecular flexibility index (Phi) is 5.28. The van der Waals surface area contributed by atoms with Crippen molar-refractivity contribution >= 4 is 5.65 Å². The predicted octanol–water partition coefficient (Wildman–Crippen LogP) is 0.880. The molecule has 0 saturated carbocycles. The van der Waals surface area contributed by atoms with Crippen LogP contribution in [0.2, 0.25) is 0 Å². The molecule has 1 unspecified atom stereocenters. The van der Waals surface area contributed by atoms with Crippen LogP contribution in [0, 0.1) is 6.92 Å². The average molecular weight is 305 g/mol. The Morgan fingerprint density at radius 3 is 2.91 bits per heavy atom. The highest BCUT2D eigenvalue weighted by atomic mass is 16.5. The van der Waals surface area contributed by atoms with Gasteiger partial charge < -0.3 is 15.2 Å². The Labute approximate surface area is 129 Å². The maximum absolute atomic E-state index is 12.2. The van der Waals surface area contributed by atoms with Crippen molar-refractivity contribution in [1.29, 1.82) is 0 Å². The molecule has 0 aliphatic heterocycles. The average Bonchev–Trinajstić information content (AvgIpc) is 2.45. The minimum atomic E-state index is -0.358. The number of aromatic nitrogens is 2. The van der Waals surface area contributed by atoms with E-state index in [2.05, 4.69) is 10.3 Å². The van der Waals surface area contributed by atoms with E-state index in [4.69, 9.17) is 4.74 Å². The summed E-state index contributed by atoms with van der Waals surface area (Å²) >= 11 is 0. The van der Waals surface area contributed by atoms with Crippen LogP contribution >= 0.6 is 0 Å². The summed E-state index contributed by atoms with van der Waals surface area (Å²) in [7, 11) is 1.63. The molecule has 0 aliphatic rings. The Hall–Kier alpha value is -1.76. The minimum absolute atomic E-state index is 0.0693. The third-order valence-corrected chi connectivity index (χ3v) is 3.76. The van der Waals surface area contributed by atoms with Crippen LogP contribution in [0.3, 0.4) is 0 Å². The molecule has 1 atom stereocenters. The van der Waals surface area contributed by atoms with Crippen molar-refractivity contribution in [3.05, 3.63) is 46.0 Å². The lowest BCUT2D eigenvalue weighted by molar-refractivity contribution is 0.0967. The summed E-state index contributed by atoms with van der Waals surface area (Å²) in [5, 5.41) is 12.5. The molecular formula is C16H23N3O3. The molecule has 2 rings (SSSR count). The lowest BCUT2D eigenvalue weighted by atomic mass is 9.99. The van der Waals surface area contributed by atoms with E-state index in [1.807, 2.05) is 32.0 Å². The molecule has 2 heterocycles. The number of hydrogen-bond acceptors (Lipinski definition) is 5. The third-order valence-electron chi connectivity index (χ3n) is 3.76. The summed E-state index contributed by atoms with van der Waals surface area (Å²) in [6.45, 7) is 4.84. The van der Waals surface area contributed by atoms with Gasteiger partial charge in [0.1, 0.15) is 5.65 Å². The number of pyridine rings is 1. The number of fused-ring (bicyclic) bond motifs is 1. The number of ether oxygens (including phenoxy) is 1. The smallest absolute Gasteiger partial charge is 0.258 e. The summed E-state index contributed by atoms with van der Waals surface area (Å²) in [5.74, 6) is 0. The standard InChI is InChI=1S/C16H23N3O3/c1-12-5-4-6-14-18-13(9-15(21)19(12)14)10-17-16(2,7-8-20)11-22-3/h4-6,9,17,20H,7-8,10-11H2,1-3H3. The number of aliphatic hydroxyl groups is 1. The molecule has 2 aromatic rings. The molecule has 120 valence electrons. The fourth-order valence-electron chi connectivity index (χ4n) is 2.54. The fraction of sp³-hybridized carbons (Fsp3) is 0.500. The van der Waals surface area contributed by atoms with E-state index in [9.17, 15) is 9.90 Å². The first-order valence-electron chi connectivity index (χ1n) is 7.32. The molecular weight excluding hydrogens is 282 g/mol. The van der Waals surface area contributed by atoms with Gasteiger partial charge in [-0.2, -0.15) is 0 Å². The fourth-order valence-corrected chi connectivity index (χ4v) is 2.54. The van der Waals surface area contributed by atoms with Crippen LogP contribution in [-0.2, 0) is 11.3 Å². The molecule has 0 spiro atoms. The van der Waals surface area contributed by atoms with Crippen molar-refractivity contribution in [1.82, 2.24) is 14.7 Å². The van der Waals surface area contributed by atoms with E-state index in [0.29, 0.717) is 30.9 Å². The summed E-state index contributed by atoms with van der Waals surface area (Å²) in [4.78, 5) is 16.7. The van der Waals surface area contributed by atoms with Crippen molar-refractivity contribution in [2.45, 2.75) is 32.4 Å². The minimum Gasteiger partial charge on any atom is -0.396 e. The number of nitrogens with one attached hydrogen (secondary N) is 1. The summed E-state index contributed by atoms with van der Waals surface area (Å²) < 4.78 is 6.79. The van der Waals surface area contributed by atoms with Crippen LogP contribution in [0.4, 0.5) is 0 Å². The van der Waals surface area contributed by atoms with E-state index >= 15 is 0 Å². The van der Waals surface area contributed by atoms with Crippen LogP contribution in [-0.4, -0.2) is 40.4 Å². The highest BCUT2D eigenvalue weighted by Crippen LogP contribution is 2.11. The number of aryl methyl sites for hydroxylation is 1. The molecule has 0 amide bonds. The normalized spacial score (nSPS) is 14.2. The van der Waals surface area contributed by atoms with Crippen molar-refractivity contribution in [3.8, 4) is 0 Å². The summed E-state index contributed by atoms with van der Waals surface area (Å²) in [6, 6.07) is 7.12. The Morgan fingerprint density at radius 1 is 1.45 bits per heavy atom. The molecule has 0 bridgehead atoms. The van der Waals surface area contributed by atoms with Crippen molar-refractivity contribution in [3.63, 3.8) is 0 Å². The Bertz CT molecular complexity index is 691. The second-order valence-electron chi connectivity index (χ2n) is 5.77. The van der Waals surface area contributed by atoms with Gasteiger partial charge in [-0.05, 0) is 32.4 Å². The largest absolute Gasteiger partial charge is 0.396 e. The second kappa shape index (κ2) is 7.00. The highest BCUT2D eigenvalue weighted by Gasteiger charge is 2.23. The van der Waals surface area contributed by atoms with Gasteiger partial charge in [-0.15, -0.1) is 0 Å². The summed E-state index contributed by atoms with van der Waals surface area (Å²) in [6.07, 6.45) is 0.562. The second-order valence-corrected chi connectivity index (χ2v) is 5.77. The van der Waals surface area contributed by atoms with Gasteiger partial charge in [0.15, 0.2) is 0 Å². The Balaban J connectivity index is 2.23. The van der Waals surface area contributed by atoms with Crippen LogP contribution in [0.5, 0.6) is 0 Å². The highest BCUT2D eigenvalue weighted by molar-refractivity contribution is 5.40. The van der Waals surface area contributed by atoms with Gasteiger partial charge in [-0.1, -0.05) is 6.07 Å². The van der Waals surface area contributed by atoms with E-state index in [-0.39, 0.29) is 17.7 Å². The van der Waals surface area contributed by atoms with E-state index in [1.54, 1.807) is 17.6 Å². The van der Waals surface area contributed by atoms with Gasteiger partial charge in [-0.3, -0.25) is 9.20 Å². The van der Waals surface area contributed by atoms with Gasteiger partial charge >= 0.3 is 0 Å². The molecule has 0 radical (unpaired) electrons. The summed E-state index contributed by atoms with van der Waals surface area (Å²) in [5.41, 5.74) is 1.73. The zero-order valence-electron chi connectivity index (χ0n) is 13.3. The molecule has 0 saturated heterocycles. The SMILES string of the molecule is COCC(C)(CCO)NCc1cc(=O)n2c(C)cccc2n1. The Morgan fingerprint density at radius 2 is 2.23 bits per heavy atom. The number of methoxy groups -OCH3 is 1. The quantitative estimate of drug-likeness (QED) is 0.794. The van der Waals surface area contributed by atoms with Crippen LogP contribution in [0.15, 0.2) is 29.1 Å². The van der Waals surface area contributed by atoms with Gasteiger partial charge in [0.25, 0.3) is 5.56 Å². The molecule has 6 heteroatoms. The van der Waals surface area contributed by atoms with Crippen molar-refractivity contribution < 1.29 is 9.84 Å². The van der Waals surface area contributed by atoms with Crippen LogP contribution in [0.1, 0.15) is 24.7 Å². The lowest BCUT2D eigenvalue weighted by Crippen LogP contribution is -2.46. The number of rotatable bonds is 7. The number of aliphatic hydroxyl groups excluding tert-OH is 1. The van der Waals surface area contributed by atoms with Gasteiger partial charge in [0.05, 0.1) is 12.3 Å². The number of nitrogens with zero attached hydrogens (tertiary/aromatic N) is 2. The van der Waals surface area contributed by atoms with Gasteiger partial charge in [-0.25, -0.2) is 4.98 Å². The molecule has 22 heavy (non-hydrogen) atoms.